The average molecular weight is 411 g/mol. The fraction of sp³-hybridized carbons (Fsp3) is 0.333. The summed E-state index contributed by atoms with van der Waals surface area (Å²) in [6.07, 6.45) is 3.74. The average Bonchev–Trinajstić information content (AvgIpc) is 2.74. The molecule has 0 saturated carbocycles. The van der Waals surface area contributed by atoms with Gasteiger partial charge in [-0.25, -0.2) is 9.59 Å². The van der Waals surface area contributed by atoms with E-state index in [2.05, 4.69) is 73.5 Å². The maximum absolute atomic E-state index is 9.55. The summed E-state index contributed by atoms with van der Waals surface area (Å²) in [6.45, 7) is 4.37. The molecule has 0 spiro atoms. The number of likely N-dealkylation sites (tertiary alicyclic amines) is 1. The van der Waals surface area contributed by atoms with Crippen molar-refractivity contribution in [2.24, 2.45) is 0 Å². The molecule has 0 aliphatic carbocycles. The molecule has 30 heavy (non-hydrogen) atoms. The number of carboxylic acids is 2. The molecule has 2 N–H and O–H groups in total. The van der Waals surface area contributed by atoms with Crippen LogP contribution in [0.2, 0.25) is 0 Å². The molecular formula is C24H29NO5. The molecular weight excluding hydrogens is 382 g/mol. The number of carbonyl (C=O) groups is 2. The normalized spacial score (nSPS) is 15.9. The van der Waals surface area contributed by atoms with Gasteiger partial charge in [-0.3, -0.25) is 0 Å². The van der Waals surface area contributed by atoms with Crippen molar-refractivity contribution < 1.29 is 24.5 Å². The number of hydrogen-bond donors (Lipinski definition) is 2. The smallest absolute Gasteiger partial charge is 0.328 e. The van der Waals surface area contributed by atoms with Crippen molar-refractivity contribution in [1.29, 1.82) is 0 Å². The number of benzene rings is 2. The zero-order valence-electron chi connectivity index (χ0n) is 17.4. The summed E-state index contributed by atoms with van der Waals surface area (Å²) in [5, 5.41) is 15.6. The van der Waals surface area contributed by atoms with E-state index in [1.54, 1.807) is 0 Å². The number of aryl methyl sites for hydroxylation is 1. The van der Waals surface area contributed by atoms with Crippen LogP contribution >= 0.6 is 0 Å². The molecule has 1 fully saturated rings. The fourth-order valence-electron chi connectivity index (χ4n) is 3.17. The fourth-order valence-corrected chi connectivity index (χ4v) is 3.17. The molecule has 6 nitrogen and oxygen atoms in total. The van der Waals surface area contributed by atoms with Crippen molar-refractivity contribution in [2.75, 3.05) is 20.1 Å². The maximum atomic E-state index is 9.55. The van der Waals surface area contributed by atoms with Crippen molar-refractivity contribution in [2.45, 2.75) is 32.0 Å². The van der Waals surface area contributed by atoms with Crippen LogP contribution in [-0.2, 0) is 14.3 Å². The van der Waals surface area contributed by atoms with Crippen molar-refractivity contribution in [3.63, 3.8) is 0 Å². The van der Waals surface area contributed by atoms with Crippen LogP contribution < -0.4 is 0 Å². The lowest BCUT2D eigenvalue weighted by Crippen LogP contribution is -2.35. The predicted molar refractivity (Wildman–Crippen MR) is 115 cm³/mol. The summed E-state index contributed by atoms with van der Waals surface area (Å²) in [7, 11) is 2.19. The highest BCUT2D eigenvalue weighted by molar-refractivity contribution is 5.89. The van der Waals surface area contributed by atoms with Gasteiger partial charge in [0.25, 0.3) is 0 Å². The second-order valence-electron chi connectivity index (χ2n) is 7.35. The van der Waals surface area contributed by atoms with Gasteiger partial charge in [-0.15, -0.1) is 0 Å². The van der Waals surface area contributed by atoms with Gasteiger partial charge in [-0.2, -0.15) is 0 Å². The highest BCUT2D eigenvalue weighted by Crippen LogP contribution is 2.30. The van der Waals surface area contributed by atoms with Crippen LogP contribution in [0, 0.1) is 6.92 Å². The zero-order valence-corrected chi connectivity index (χ0v) is 17.4. The number of ether oxygens (including phenoxy) is 1. The predicted octanol–water partition coefficient (Wildman–Crippen LogP) is 3.91. The number of rotatable bonds is 6. The van der Waals surface area contributed by atoms with Crippen LogP contribution in [0.15, 0.2) is 66.7 Å². The van der Waals surface area contributed by atoms with Crippen LogP contribution in [-0.4, -0.2) is 53.3 Å². The Labute approximate surface area is 177 Å². The zero-order chi connectivity index (χ0) is 21.9. The van der Waals surface area contributed by atoms with Gasteiger partial charge in [0.1, 0.15) is 6.10 Å². The summed E-state index contributed by atoms with van der Waals surface area (Å²) >= 11 is 0. The number of hydrogen-bond acceptors (Lipinski definition) is 4. The molecule has 2 aromatic rings. The van der Waals surface area contributed by atoms with E-state index in [0.29, 0.717) is 18.3 Å². The molecule has 3 rings (SSSR count). The first-order chi connectivity index (χ1) is 14.3. The first-order valence-corrected chi connectivity index (χ1v) is 9.94. The molecule has 1 aliphatic rings. The molecule has 1 saturated heterocycles. The molecule has 1 atom stereocenters. The lowest BCUT2D eigenvalue weighted by molar-refractivity contribution is -0.134. The minimum atomic E-state index is -1.26. The van der Waals surface area contributed by atoms with Gasteiger partial charge < -0.3 is 19.8 Å². The van der Waals surface area contributed by atoms with Crippen molar-refractivity contribution >= 4 is 11.9 Å². The van der Waals surface area contributed by atoms with Gasteiger partial charge in [0, 0.05) is 25.2 Å². The van der Waals surface area contributed by atoms with Gasteiger partial charge in [-0.1, -0.05) is 60.2 Å². The van der Waals surface area contributed by atoms with Gasteiger partial charge >= 0.3 is 11.9 Å². The maximum Gasteiger partial charge on any atom is 0.328 e. The minimum absolute atomic E-state index is 0.0372. The van der Waals surface area contributed by atoms with E-state index < -0.39 is 11.9 Å². The van der Waals surface area contributed by atoms with E-state index in [-0.39, 0.29) is 6.10 Å². The van der Waals surface area contributed by atoms with E-state index in [9.17, 15) is 9.59 Å². The summed E-state index contributed by atoms with van der Waals surface area (Å²) in [5.74, 6) is -2.51. The van der Waals surface area contributed by atoms with Crippen LogP contribution in [0.3, 0.4) is 0 Å². The van der Waals surface area contributed by atoms with Gasteiger partial charge in [0.15, 0.2) is 0 Å². The molecule has 160 valence electrons. The molecule has 0 aromatic heterocycles. The Morgan fingerprint density at radius 1 is 0.933 bits per heavy atom. The Kier molecular flexibility index (Phi) is 9.25. The van der Waals surface area contributed by atoms with Crippen LogP contribution in [0.5, 0.6) is 0 Å². The van der Waals surface area contributed by atoms with Crippen LogP contribution in [0.25, 0.3) is 0 Å². The molecule has 1 unspecified atom stereocenters. The Balaban J connectivity index is 0.000000343. The summed E-state index contributed by atoms with van der Waals surface area (Å²) in [5.41, 5.74) is 3.77. The van der Waals surface area contributed by atoms with Crippen molar-refractivity contribution in [3.05, 3.63) is 83.4 Å². The molecule has 0 amide bonds. The second kappa shape index (κ2) is 11.9. The van der Waals surface area contributed by atoms with Gasteiger partial charge in [0.2, 0.25) is 0 Å². The molecule has 6 heteroatoms. The largest absolute Gasteiger partial charge is 0.478 e. The molecule has 1 heterocycles. The molecule has 1 aliphatic heterocycles. The van der Waals surface area contributed by atoms with E-state index >= 15 is 0 Å². The van der Waals surface area contributed by atoms with Crippen molar-refractivity contribution in [3.8, 4) is 0 Å². The van der Waals surface area contributed by atoms with Crippen LogP contribution in [0.1, 0.15) is 35.6 Å². The van der Waals surface area contributed by atoms with E-state index in [1.807, 2.05) is 0 Å². The minimum Gasteiger partial charge on any atom is -0.478 e. The Morgan fingerprint density at radius 3 is 1.93 bits per heavy atom. The third-order valence-electron chi connectivity index (χ3n) is 4.85. The second-order valence-corrected chi connectivity index (χ2v) is 7.35. The lowest BCUT2D eigenvalue weighted by Gasteiger charge is -2.32. The number of nitrogens with zero attached hydrogens (tertiary/aromatic N) is 1. The van der Waals surface area contributed by atoms with E-state index in [4.69, 9.17) is 14.9 Å². The quantitative estimate of drug-likeness (QED) is 0.701. The first kappa shape index (κ1) is 23.3. The van der Waals surface area contributed by atoms with Gasteiger partial charge in [0.05, 0.1) is 6.10 Å². The number of piperidine rings is 1. The number of aliphatic carboxylic acids is 2. The Bertz CT molecular complexity index is 808. The monoisotopic (exact) mass is 411 g/mol. The Hall–Kier alpha value is -2.96. The molecule has 2 aromatic carbocycles. The van der Waals surface area contributed by atoms with Crippen LogP contribution in [0.4, 0.5) is 0 Å². The topological polar surface area (TPSA) is 87.1 Å². The third kappa shape index (κ3) is 8.19. The standard InChI is InChI=1S/C20H25NO.C4H4O4/c1-16-8-10-18(11-9-16)20(17-6-4-3-5-7-17)22-19-12-14-21(2)15-13-19;5-3(6)1-2-4(7)8/h3-11,19-20H,12-15H2,1-2H3;1-2H,(H,5,6)(H,7,8)/b;2-1-. The first-order valence-electron chi connectivity index (χ1n) is 9.94. The Morgan fingerprint density at radius 2 is 1.43 bits per heavy atom. The lowest BCUT2D eigenvalue weighted by atomic mass is 9.99. The highest BCUT2D eigenvalue weighted by Gasteiger charge is 2.23. The van der Waals surface area contributed by atoms with E-state index in [0.717, 1.165) is 25.9 Å². The molecule has 0 bridgehead atoms. The molecule has 0 radical (unpaired) electrons. The third-order valence-corrected chi connectivity index (χ3v) is 4.85. The summed E-state index contributed by atoms with van der Waals surface area (Å²) < 4.78 is 6.53. The van der Waals surface area contributed by atoms with E-state index in [1.165, 1.54) is 16.7 Å². The highest BCUT2D eigenvalue weighted by atomic mass is 16.5. The summed E-state index contributed by atoms with van der Waals surface area (Å²) in [4.78, 5) is 21.5. The van der Waals surface area contributed by atoms with Crippen molar-refractivity contribution in [1.82, 2.24) is 4.90 Å². The SMILES string of the molecule is Cc1ccc(C(OC2CCN(C)CC2)c2ccccc2)cc1.O=C(O)/C=C\C(=O)O. The summed E-state index contributed by atoms with van der Waals surface area (Å²) in [6, 6.07) is 19.3. The van der Waals surface area contributed by atoms with Gasteiger partial charge in [-0.05, 0) is 37.9 Å². The number of carboxylic acid groups (broad SMARTS) is 2.